The first-order valence-corrected chi connectivity index (χ1v) is 9.06. The van der Waals surface area contributed by atoms with E-state index in [2.05, 4.69) is 59.2 Å². The van der Waals surface area contributed by atoms with Crippen LogP contribution < -0.4 is 10.6 Å². The van der Waals surface area contributed by atoms with E-state index in [4.69, 9.17) is 0 Å². The summed E-state index contributed by atoms with van der Waals surface area (Å²) in [5.41, 5.74) is 3.42. The summed E-state index contributed by atoms with van der Waals surface area (Å²) in [6, 6.07) is 7.15. The lowest BCUT2D eigenvalue weighted by atomic mass is 10.1. The summed E-state index contributed by atoms with van der Waals surface area (Å²) in [5, 5.41) is 6.02. The summed E-state index contributed by atoms with van der Waals surface area (Å²) < 4.78 is 2.26. The van der Waals surface area contributed by atoms with Crippen LogP contribution in [0.3, 0.4) is 0 Å². The lowest BCUT2D eigenvalue weighted by Crippen LogP contribution is -2.41. The number of nitrogens with one attached hydrogen (secondary N) is 2. The number of nitrogens with zero attached hydrogens (tertiary/aromatic N) is 2. The van der Waals surface area contributed by atoms with Gasteiger partial charge in [-0.25, -0.2) is 9.78 Å². The third kappa shape index (κ3) is 3.71. The Hall–Kier alpha value is -2.04. The first-order valence-electron chi connectivity index (χ1n) is 9.06. The molecular weight excluding hydrogens is 300 g/mol. The van der Waals surface area contributed by atoms with E-state index in [1.54, 1.807) is 0 Å². The van der Waals surface area contributed by atoms with Gasteiger partial charge in [0.1, 0.15) is 5.82 Å². The summed E-state index contributed by atoms with van der Waals surface area (Å²) in [5.74, 6) is 1.05. The topological polar surface area (TPSA) is 59.0 Å². The van der Waals surface area contributed by atoms with E-state index in [-0.39, 0.29) is 6.03 Å². The molecule has 1 fully saturated rings. The molecule has 1 heterocycles. The number of rotatable bonds is 5. The smallest absolute Gasteiger partial charge is 0.315 e. The molecule has 1 aliphatic carbocycles. The van der Waals surface area contributed by atoms with Crippen LogP contribution in [0.15, 0.2) is 18.2 Å². The summed E-state index contributed by atoms with van der Waals surface area (Å²) in [7, 11) is 0. The quantitative estimate of drug-likeness (QED) is 0.879. The molecule has 0 atom stereocenters. The van der Waals surface area contributed by atoms with Crippen molar-refractivity contribution in [3.8, 4) is 0 Å². The number of hydrogen-bond donors (Lipinski definition) is 2. The van der Waals surface area contributed by atoms with Crippen LogP contribution >= 0.6 is 0 Å². The zero-order chi connectivity index (χ0) is 17.1. The highest BCUT2D eigenvalue weighted by Gasteiger charge is 2.16. The maximum absolute atomic E-state index is 11.9. The number of fused-ring (bicyclic) bond motifs is 1. The number of aromatic nitrogens is 2. The fourth-order valence-electron chi connectivity index (χ4n) is 3.70. The van der Waals surface area contributed by atoms with Gasteiger partial charge in [0.15, 0.2) is 0 Å². The fourth-order valence-corrected chi connectivity index (χ4v) is 3.70. The van der Waals surface area contributed by atoms with Crippen molar-refractivity contribution >= 4 is 17.1 Å². The van der Waals surface area contributed by atoms with E-state index in [1.807, 2.05) is 0 Å². The second-order valence-corrected chi connectivity index (χ2v) is 7.08. The molecule has 2 aromatic rings. The molecule has 0 saturated heterocycles. The zero-order valence-corrected chi connectivity index (χ0v) is 14.9. The molecule has 1 aromatic heterocycles. The zero-order valence-electron chi connectivity index (χ0n) is 14.9. The van der Waals surface area contributed by atoms with Crippen LogP contribution in [0.4, 0.5) is 4.79 Å². The average Bonchev–Trinajstić information content (AvgIpc) is 3.13. The highest BCUT2D eigenvalue weighted by molar-refractivity contribution is 5.77. The molecule has 1 aromatic carbocycles. The number of hydrogen-bond acceptors (Lipinski definition) is 2. The highest BCUT2D eigenvalue weighted by atomic mass is 16.2. The Kier molecular flexibility index (Phi) is 5.07. The minimum absolute atomic E-state index is 0.0390. The van der Waals surface area contributed by atoms with Crippen LogP contribution in [0.1, 0.15) is 57.0 Å². The predicted octanol–water partition coefficient (Wildman–Crippen LogP) is 3.71. The second kappa shape index (κ2) is 7.24. The molecule has 3 rings (SSSR count). The molecule has 0 spiro atoms. The highest BCUT2D eigenvalue weighted by Crippen LogP contribution is 2.22. The normalized spacial score (nSPS) is 15.3. The van der Waals surface area contributed by atoms with Gasteiger partial charge in [0.2, 0.25) is 0 Å². The lowest BCUT2D eigenvalue weighted by molar-refractivity contribution is 0.237. The Bertz CT molecular complexity index is 713. The van der Waals surface area contributed by atoms with Crippen molar-refractivity contribution in [2.75, 3.05) is 6.54 Å². The predicted molar refractivity (Wildman–Crippen MR) is 97.3 cm³/mol. The van der Waals surface area contributed by atoms with Crippen molar-refractivity contribution in [3.05, 3.63) is 29.6 Å². The number of aryl methyl sites for hydroxylation is 1. The Morgan fingerprint density at radius 2 is 2.08 bits per heavy atom. The average molecular weight is 328 g/mol. The van der Waals surface area contributed by atoms with E-state index in [0.29, 0.717) is 18.6 Å². The van der Waals surface area contributed by atoms with Gasteiger partial charge in [0.25, 0.3) is 0 Å². The van der Waals surface area contributed by atoms with Crippen LogP contribution in [0.5, 0.6) is 0 Å². The fraction of sp³-hybridized carbons (Fsp3) is 0.579. The van der Waals surface area contributed by atoms with Crippen molar-refractivity contribution < 1.29 is 4.79 Å². The van der Waals surface area contributed by atoms with Gasteiger partial charge in [-0.2, -0.15) is 0 Å². The van der Waals surface area contributed by atoms with Crippen molar-refractivity contribution in [2.45, 2.75) is 65.0 Å². The van der Waals surface area contributed by atoms with Crippen molar-refractivity contribution in [3.63, 3.8) is 0 Å². The molecule has 130 valence electrons. The molecule has 1 saturated carbocycles. The van der Waals surface area contributed by atoms with Gasteiger partial charge >= 0.3 is 6.03 Å². The third-order valence-corrected chi connectivity index (χ3v) is 4.84. The second-order valence-electron chi connectivity index (χ2n) is 7.08. The maximum Gasteiger partial charge on any atom is 0.315 e. The van der Waals surface area contributed by atoms with E-state index >= 15 is 0 Å². The molecule has 0 bridgehead atoms. The lowest BCUT2D eigenvalue weighted by Gasteiger charge is -2.13. The first kappa shape index (κ1) is 16.8. The SMILES string of the molecule is Cc1nc2cc(CCNC(=O)NC3CCCC3)ccc2n1C(C)C. The summed E-state index contributed by atoms with van der Waals surface area (Å²) >= 11 is 0. The molecule has 1 aliphatic rings. The van der Waals surface area contributed by atoms with Crippen molar-refractivity contribution in [1.82, 2.24) is 20.2 Å². The number of amides is 2. The maximum atomic E-state index is 11.9. The standard InChI is InChI=1S/C19H28N4O/c1-13(2)23-14(3)21-17-12-15(8-9-18(17)23)10-11-20-19(24)22-16-6-4-5-7-16/h8-9,12-13,16H,4-7,10-11H2,1-3H3,(H2,20,22,24). The van der Waals surface area contributed by atoms with Crippen LogP contribution in [0.2, 0.25) is 0 Å². The number of urea groups is 1. The van der Waals surface area contributed by atoms with Gasteiger partial charge in [0, 0.05) is 18.6 Å². The van der Waals surface area contributed by atoms with E-state index in [1.165, 1.54) is 23.9 Å². The van der Waals surface area contributed by atoms with Gasteiger partial charge in [-0.3, -0.25) is 0 Å². The van der Waals surface area contributed by atoms with Crippen molar-refractivity contribution in [1.29, 1.82) is 0 Å². The van der Waals surface area contributed by atoms with Gasteiger partial charge in [0.05, 0.1) is 11.0 Å². The van der Waals surface area contributed by atoms with Crippen molar-refractivity contribution in [2.24, 2.45) is 0 Å². The molecule has 2 N–H and O–H groups in total. The number of carbonyl (C=O) groups is 1. The minimum atomic E-state index is -0.0390. The Balaban J connectivity index is 1.56. The first-order chi connectivity index (χ1) is 11.5. The van der Waals surface area contributed by atoms with Gasteiger partial charge < -0.3 is 15.2 Å². The van der Waals surface area contributed by atoms with E-state index < -0.39 is 0 Å². The molecular formula is C19H28N4O. The summed E-state index contributed by atoms with van der Waals surface area (Å²) in [6.45, 7) is 7.05. The molecule has 0 radical (unpaired) electrons. The third-order valence-electron chi connectivity index (χ3n) is 4.84. The Morgan fingerprint density at radius 3 is 2.79 bits per heavy atom. The monoisotopic (exact) mass is 328 g/mol. The largest absolute Gasteiger partial charge is 0.338 e. The Labute approximate surface area is 143 Å². The molecule has 5 nitrogen and oxygen atoms in total. The summed E-state index contributed by atoms with van der Waals surface area (Å²) in [6.07, 6.45) is 5.51. The van der Waals surface area contributed by atoms with Gasteiger partial charge in [-0.1, -0.05) is 18.9 Å². The van der Waals surface area contributed by atoms with Crippen LogP contribution in [0.25, 0.3) is 11.0 Å². The molecule has 0 unspecified atom stereocenters. The van der Waals surface area contributed by atoms with Crippen LogP contribution in [0, 0.1) is 6.92 Å². The van der Waals surface area contributed by atoms with Gasteiger partial charge in [-0.15, -0.1) is 0 Å². The molecule has 0 aliphatic heterocycles. The minimum Gasteiger partial charge on any atom is -0.338 e. The van der Waals surface area contributed by atoms with Crippen LogP contribution in [-0.2, 0) is 6.42 Å². The van der Waals surface area contributed by atoms with Gasteiger partial charge in [-0.05, 0) is 57.7 Å². The van der Waals surface area contributed by atoms with E-state index in [9.17, 15) is 4.79 Å². The molecule has 2 amide bonds. The van der Waals surface area contributed by atoms with E-state index in [0.717, 1.165) is 30.6 Å². The summed E-state index contributed by atoms with van der Waals surface area (Å²) in [4.78, 5) is 16.6. The molecule has 5 heteroatoms. The van der Waals surface area contributed by atoms with Crippen LogP contribution in [-0.4, -0.2) is 28.2 Å². The number of carbonyl (C=O) groups excluding carboxylic acids is 1. The molecule has 24 heavy (non-hydrogen) atoms. The number of benzene rings is 1. The number of imidazole rings is 1. The Morgan fingerprint density at radius 1 is 1.33 bits per heavy atom.